The molecule has 1 N–H and O–H groups in total. The van der Waals surface area contributed by atoms with Gasteiger partial charge in [-0.3, -0.25) is 4.79 Å². The summed E-state index contributed by atoms with van der Waals surface area (Å²) < 4.78 is 16.4. The third-order valence-electron chi connectivity index (χ3n) is 5.71. The molecule has 5 aromatic rings. The lowest BCUT2D eigenvalue weighted by Gasteiger charge is -2.14. The predicted octanol–water partition coefficient (Wildman–Crippen LogP) is 5.88. The Labute approximate surface area is 195 Å². The molecule has 34 heavy (non-hydrogen) atoms. The molecule has 0 fully saturated rings. The van der Waals surface area contributed by atoms with E-state index in [9.17, 15) is 9.59 Å². The largest absolute Gasteiger partial charge is 0.496 e. The molecule has 0 saturated heterocycles. The normalized spacial score (nSPS) is 10.9. The first-order valence-electron chi connectivity index (χ1n) is 10.7. The number of ether oxygens (including phenoxy) is 2. The lowest BCUT2D eigenvalue weighted by atomic mass is 10.0. The van der Waals surface area contributed by atoms with Gasteiger partial charge in [-0.2, -0.15) is 0 Å². The second-order valence-electron chi connectivity index (χ2n) is 7.75. The molecule has 6 heteroatoms. The molecule has 5 rings (SSSR count). The maximum Gasteiger partial charge on any atom is 0.344 e. The van der Waals surface area contributed by atoms with Crippen LogP contribution in [0.3, 0.4) is 0 Å². The predicted molar refractivity (Wildman–Crippen MR) is 133 cm³/mol. The summed E-state index contributed by atoms with van der Waals surface area (Å²) in [5.74, 6) is 0.562. The van der Waals surface area contributed by atoms with E-state index in [1.165, 1.54) is 14.2 Å². The molecule has 0 aliphatic carbocycles. The van der Waals surface area contributed by atoms with Crippen LogP contribution in [0.1, 0.15) is 10.4 Å². The zero-order valence-electron chi connectivity index (χ0n) is 18.6. The highest BCUT2D eigenvalue weighted by Gasteiger charge is 2.17. The van der Waals surface area contributed by atoms with E-state index in [-0.39, 0.29) is 5.91 Å². The van der Waals surface area contributed by atoms with Gasteiger partial charge in [-0.15, -0.1) is 0 Å². The molecule has 0 atom stereocenters. The Morgan fingerprint density at radius 3 is 2.18 bits per heavy atom. The number of carbonyl (C=O) groups excluding carboxylic acids is 1. The van der Waals surface area contributed by atoms with Crippen LogP contribution in [0.15, 0.2) is 94.1 Å². The molecule has 0 bridgehead atoms. The summed E-state index contributed by atoms with van der Waals surface area (Å²) in [4.78, 5) is 25.9. The Kier molecular flexibility index (Phi) is 5.47. The Morgan fingerprint density at radius 2 is 1.44 bits per heavy atom. The first-order chi connectivity index (χ1) is 16.6. The van der Waals surface area contributed by atoms with Crippen LogP contribution in [0.4, 0.5) is 5.69 Å². The van der Waals surface area contributed by atoms with Gasteiger partial charge in [0.15, 0.2) is 0 Å². The topological polar surface area (TPSA) is 77.8 Å². The fourth-order valence-electron chi connectivity index (χ4n) is 3.99. The second kappa shape index (κ2) is 8.75. The zero-order chi connectivity index (χ0) is 23.7. The highest BCUT2D eigenvalue weighted by atomic mass is 16.5. The molecule has 0 saturated carbocycles. The van der Waals surface area contributed by atoms with E-state index in [0.29, 0.717) is 39.5 Å². The Balaban J connectivity index is 1.56. The summed E-state index contributed by atoms with van der Waals surface area (Å²) in [7, 11) is 3.05. The monoisotopic (exact) mass is 451 g/mol. The van der Waals surface area contributed by atoms with Crippen LogP contribution in [-0.2, 0) is 0 Å². The van der Waals surface area contributed by atoms with Gasteiger partial charge in [0.2, 0.25) is 0 Å². The quantitative estimate of drug-likeness (QED) is 0.338. The molecule has 0 spiro atoms. The maximum absolute atomic E-state index is 13.3. The van der Waals surface area contributed by atoms with Gasteiger partial charge in [-0.05, 0) is 52.7 Å². The van der Waals surface area contributed by atoms with Crippen molar-refractivity contribution in [1.29, 1.82) is 0 Å². The van der Waals surface area contributed by atoms with Crippen LogP contribution in [0.25, 0.3) is 32.9 Å². The van der Waals surface area contributed by atoms with Crippen LogP contribution in [0.2, 0.25) is 0 Å². The summed E-state index contributed by atoms with van der Waals surface area (Å²) in [5, 5.41) is 5.60. The van der Waals surface area contributed by atoms with Crippen molar-refractivity contribution in [3.63, 3.8) is 0 Å². The lowest BCUT2D eigenvalue weighted by molar-refractivity contribution is 0.102. The molecule has 168 valence electrons. The first kappa shape index (κ1) is 21.3. The minimum absolute atomic E-state index is 0.358. The fourth-order valence-corrected chi connectivity index (χ4v) is 3.99. The van der Waals surface area contributed by atoms with E-state index in [1.807, 2.05) is 48.5 Å². The van der Waals surface area contributed by atoms with Crippen LogP contribution >= 0.6 is 0 Å². The minimum Gasteiger partial charge on any atom is -0.496 e. The Hall–Kier alpha value is -4.58. The molecule has 1 aromatic heterocycles. The Bertz CT molecular complexity index is 1600. The van der Waals surface area contributed by atoms with Gasteiger partial charge in [0.25, 0.3) is 5.91 Å². The average molecular weight is 451 g/mol. The molecule has 0 aliphatic heterocycles. The lowest BCUT2D eigenvalue weighted by Crippen LogP contribution is -2.14. The third-order valence-corrected chi connectivity index (χ3v) is 5.71. The van der Waals surface area contributed by atoms with Crippen LogP contribution in [-0.4, -0.2) is 20.1 Å². The van der Waals surface area contributed by atoms with Gasteiger partial charge in [0.05, 0.1) is 31.0 Å². The highest BCUT2D eigenvalue weighted by Crippen LogP contribution is 2.32. The molecular weight excluding hydrogens is 430 g/mol. The van der Waals surface area contributed by atoms with Crippen molar-refractivity contribution < 1.29 is 18.7 Å². The number of carbonyl (C=O) groups is 1. The molecule has 1 heterocycles. The van der Waals surface area contributed by atoms with Crippen molar-refractivity contribution >= 4 is 33.3 Å². The van der Waals surface area contributed by atoms with E-state index in [2.05, 4.69) is 5.32 Å². The van der Waals surface area contributed by atoms with Crippen molar-refractivity contribution in [1.82, 2.24) is 0 Å². The number of fused-ring (bicyclic) bond motifs is 2. The number of hydrogen-bond acceptors (Lipinski definition) is 5. The molecule has 1 amide bonds. The van der Waals surface area contributed by atoms with Crippen molar-refractivity contribution in [2.45, 2.75) is 0 Å². The number of methoxy groups -OCH3 is 2. The number of hydrogen-bond donors (Lipinski definition) is 1. The first-order valence-corrected chi connectivity index (χ1v) is 10.7. The number of para-hydroxylation sites is 1. The van der Waals surface area contributed by atoms with E-state index in [1.54, 1.807) is 36.4 Å². The summed E-state index contributed by atoms with van der Waals surface area (Å²) >= 11 is 0. The van der Waals surface area contributed by atoms with Crippen LogP contribution in [0, 0.1) is 0 Å². The van der Waals surface area contributed by atoms with Gasteiger partial charge in [-0.25, -0.2) is 4.79 Å². The van der Waals surface area contributed by atoms with Gasteiger partial charge < -0.3 is 19.2 Å². The molecule has 4 aromatic carbocycles. The highest BCUT2D eigenvalue weighted by molar-refractivity contribution is 6.09. The van der Waals surface area contributed by atoms with Gasteiger partial charge in [-0.1, -0.05) is 48.5 Å². The van der Waals surface area contributed by atoms with Crippen molar-refractivity contribution in [2.75, 3.05) is 19.5 Å². The van der Waals surface area contributed by atoms with Crippen LogP contribution < -0.4 is 20.4 Å². The SMILES string of the molecule is COc1ccc(-c2cc3ccccc3oc2=O)cc1NC(=O)c1cc2ccccc2cc1OC. The number of rotatable bonds is 5. The molecular formula is C28H21NO5. The second-order valence-corrected chi connectivity index (χ2v) is 7.75. The smallest absolute Gasteiger partial charge is 0.344 e. The molecule has 0 radical (unpaired) electrons. The van der Waals surface area contributed by atoms with Gasteiger partial charge in [0, 0.05) is 5.39 Å². The number of benzene rings is 4. The van der Waals surface area contributed by atoms with E-state index in [4.69, 9.17) is 13.9 Å². The number of nitrogens with one attached hydrogen (secondary N) is 1. The van der Waals surface area contributed by atoms with E-state index >= 15 is 0 Å². The molecule has 0 aliphatic rings. The standard InChI is InChI=1S/C28H21NO5/c1-32-25-12-11-19(21-14-20-9-5-6-10-24(20)34-28(21)31)15-23(25)29-27(30)22-13-17-7-3-4-8-18(17)16-26(22)33-2/h3-16H,1-2H3,(H,29,30). The number of amides is 1. The van der Waals surface area contributed by atoms with Crippen molar-refractivity contribution in [3.8, 4) is 22.6 Å². The van der Waals surface area contributed by atoms with E-state index in [0.717, 1.165) is 16.2 Å². The minimum atomic E-state index is -0.461. The maximum atomic E-state index is 13.3. The van der Waals surface area contributed by atoms with Crippen molar-refractivity contribution in [2.24, 2.45) is 0 Å². The van der Waals surface area contributed by atoms with Gasteiger partial charge >= 0.3 is 5.63 Å². The summed E-state index contributed by atoms with van der Waals surface area (Å²) in [5.41, 5.74) is 1.85. The third kappa shape index (κ3) is 3.86. The van der Waals surface area contributed by atoms with Crippen molar-refractivity contribution in [3.05, 3.63) is 101 Å². The summed E-state index contributed by atoms with van der Waals surface area (Å²) in [6.45, 7) is 0. The summed E-state index contributed by atoms with van der Waals surface area (Å²) in [6.07, 6.45) is 0. The van der Waals surface area contributed by atoms with E-state index < -0.39 is 5.63 Å². The fraction of sp³-hybridized carbons (Fsp3) is 0.0714. The average Bonchev–Trinajstić information content (AvgIpc) is 2.87. The molecule has 6 nitrogen and oxygen atoms in total. The zero-order valence-corrected chi connectivity index (χ0v) is 18.6. The summed E-state index contributed by atoms with van der Waals surface area (Å²) in [6, 6.07) is 25.6. The van der Waals surface area contributed by atoms with Crippen LogP contribution in [0.5, 0.6) is 11.5 Å². The Morgan fingerprint density at radius 1 is 0.765 bits per heavy atom. The number of anilines is 1. The molecule has 0 unspecified atom stereocenters. The van der Waals surface area contributed by atoms with Gasteiger partial charge in [0.1, 0.15) is 17.1 Å².